The summed E-state index contributed by atoms with van der Waals surface area (Å²) in [4.78, 5) is 24.2. The third kappa shape index (κ3) is 5.17. The number of likely N-dealkylation sites (tertiary alicyclic amines) is 1. The van der Waals surface area contributed by atoms with Crippen molar-refractivity contribution in [3.05, 3.63) is 0 Å². The van der Waals surface area contributed by atoms with E-state index in [2.05, 4.69) is 19.2 Å². The average molecular weight is 242 g/mol. The van der Waals surface area contributed by atoms with Crippen molar-refractivity contribution in [3.8, 4) is 0 Å². The van der Waals surface area contributed by atoms with E-state index in [-0.39, 0.29) is 18.4 Å². The SMILES string of the molecule is CC(C)CNC(=O)C1CCN(CC(=O)O)CC1. The molecule has 1 aliphatic rings. The lowest BCUT2D eigenvalue weighted by Crippen LogP contribution is -2.42. The van der Waals surface area contributed by atoms with E-state index in [1.807, 2.05) is 4.90 Å². The summed E-state index contributed by atoms with van der Waals surface area (Å²) in [5.41, 5.74) is 0. The molecule has 0 aliphatic carbocycles. The zero-order chi connectivity index (χ0) is 12.8. The Kier molecular flexibility index (Phi) is 5.41. The van der Waals surface area contributed by atoms with E-state index in [1.54, 1.807) is 0 Å². The number of piperidine rings is 1. The van der Waals surface area contributed by atoms with Crippen molar-refractivity contribution in [2.24, 2.45) is 11.8 Å². The molecular formula is C12H22N2O3. The summed E-state index contributed by atoms with van der Waals surface area (Å²) in [6.45, 7) is 6.33. The minimum Gasteiger partial charge on any atom is -0.480 e. The van der Waals surface area contributed by atoms with Crippen molar-refractivity contribution in [3.63, 3.8) is 0 Å². The fourth-order valence-corrected chi connectivity index (χ4v) is 1.99. The maximum absolute atomic E-state index is 11.8. The summed E-state index contributed by atoms with van der Waals surface area (Å²) in [5.74, 6) is -0.161. The monoisotopic (exact) mass is 242 g/mol. The maximum atomic E-state index is 11.8. The third-order valence-electron chi connectivity index (χ3n) is 3.00. The standard InChI is InChI=1S/C12H22N2O3/c1-9(2)7-13-12(17)10-3-5-14(6-4-10)8-11(15)16/h9-10H,3-8H2,1-2H3,(H,13,17)(H,15,16). The van der Waals surface area contributed by atoms with Crippen LogP contribution >= 0.6 is 0 Å². The summed E-state index contributed by atoms with van der Waals surface area (Å²) < 4.78 is 0. The number of carbonyl (C=O) groups is 2. The number of nitrogens with zero attached hydrogens (tertiary/aromatic N) is 1. The van der Waals surface area contributed by atoms with Gasteiger partial charge in [-0.1, -0.05) is 13.8 Å². The van der Waals surface area contributed by atoms with Gasteiger partial charge in [-0.15, -0.1) is 0 Å². The molecule has 1 aliphatic heterocycles. The molecule has 0 atom stereocenters. The Morgan fingerprint density at radius 2 is 1.94 bits per heavy atom. The fourth-order valence-electron chi connectivity index (χ4n) is 1.99. The fraction of sp³-hybridized carbons (Fsp3) is 0.833. The molecule has 17 heavy (non-hydrogen) atoms. The van der Waals surface area contributed by atoms with E-state index in [1.165, 1.54) is 0 Å². The minimum atomic E-state index is -0.798. The Balaban J connectivity index is 2.26. The highest BCUT2D eigenvalue weighted by Crippen LogP contribution is 2.17. The highest BCUT2D eigenvalue weighted by Gasteiger charge is 2.25. The number of carbonyl (C=O) groups excluding carboxylic acids is 1. The molecule has 5 heteroatoms. The van der Waals surface area contributed by atoms with Crippen molar-refractivity contribution < 1.29 is 14.7 Å². The summed E-state index contributed by atoms with van der Waals surface area (Å²) in [5, 5.41) is 11.6. The van der Waals surface area contributed by atoms with Crippen molar-refractivity contribution in [1.29, 1.82) is 0 Å². The van der Waals surface area contributed by atoms with E-state index >= 15 is 0 Å². The Labute approximate surface area is 102 Å². The molecule has 0 unspecified atom stereocenters. The molecular weight excluding hydrogens is 220 g/mol. The van der Waals surface area contributed by atoms with E-state index < -0.39 is 5.97 Å². The van der Waals surface area contributed by atoms with Gasteiger partial charge in [0.2, 0.25) is 5.91 Å². The quantitative estimate of drug-likeness (QED) is 0.739. The van der Waals surface area contributed by atoms with Gasteiger partial charge in [0.25, 0.3) is 0 Å². The Morgan fingerprint density at radius 3 is 2.41 bits per heavy atom. The first-order valence-corrected chi connectivity index (χ1v) is 6.21. The predicted octanol–water partition coefficient (Wildman–Crippen LogP) is 0.555. The largest absolute Gasteiger partial charge is 0.480 e. The van der Waals surface area contributed by atoms with Crippen LogP contribution in [0, 0.1) is 11.8 Å². The number of hydrogen-bond acceptors (Lipinski definition) is 3. The maximum Gasteiger partial charge on any atom is 0.317 e. The van der Waals surface area contributed by atoms with Gasteiger partial charge in [0, 0.05) is 12.5 Å². The second-order valence-electron chi connectivity index (χ2n) is 5.08. The van der Waals surface area contributed by atoms with Crippen LogP contribution in [0.2, 0.25) is 0 Å². The first-order chi connectivity index (χ1) is 7.99. The molecule has 2 N–H and O–H groups in total. The molecule has 1 saturated heterocycles. The molecule has 5 nitrogen and oxygen atoms in total. The lowest BCUT2D eigenvalue weighted by molar-refractivity contribution is -0.138. The molecule has 1 fully saturated rings. The number of carboxylic acids is 1. The van der Waals surface area contributed by atoms with Gasteiger partial charge in [0.15, 0.2) is 0 Å². The Morgan fingerprint density at radius 1 is 1.35 bits per heavy atom. The second-order valence-corrected chi connectivity index (χ2v) is 5.08. The molecule has 1 rings (SSSR count). The van der Waals surface area contributed by atoms with Gasteiger partial charge in [-0.3, -0.25) is 14.5 Å². The van der Waals surface area contributed by atoms with Crippen molar-refractivity contribution in [2.45, 2.75) is 26.7 Å². The average Bonchev–Trinajstić information content (AvgIpc) is 2.26. The van der Waals surface area contributed by atoms with Crippen LogP contribution in [-0.2, 0) is 9.59 Å². The highest BCUT2D eigenvalue weighted by molar-refractivity contribution is 5.78. The van der Waals surface area contributed by atoms with Crippen LogP contribution in [0.1, 0.15) is 26.7 Å². The number of nitrogens with one attached hydrogen (secondary N) is 1. The van der Waals surface area contributed by atoms with Crippen molar-refractivity contribution >= 4 is 11.9 Å². The van der Waals surface area contributed by atoms with Crippen LogP contribution in [0.15, 0.2) is 0 Å². The summed E-state index contributed by atoms with van der Waals surface area (Å²) in [7, 11) is 0. The molecule has 0 spiro atoms. The number of carboxylic acid groups (broad SMARTS) is 1. The summed E-state index contributed by atoms with van der Waals surface area (Å²) in [6, 6.07) is 0. The van der Waals surface area contributed by atoms with Gasteiger partial charge in [-0.2, -0.15) is 0 Å². The molecule has 0 aromatic heterocycles. The van der Waals surface area contributed by atoms with Gasteiger partial charge in [-0.05, 0) is 31.8 Å². The molecule has 0 radical (unpaired) electrons. The molecule has 0 aromatic rings. The third-order valence-corrected chi connectivity index (χ3v) is 3.00. The molecule has 1 amide bonds. The lowest BCUT2D eigenvalue weighted by atomic mass is 9.96. The lowest BCUT2D eigenvalue weighted by Gasteiger charge is -2.30. The summed E-state index contributed by atoms with van der Waals surface area (Å²) >= 11 is 0. The van der Waals surface area contributed by atoms with Gasteiger partial charge in [0.05, 0.1) is 6.54 Å². The van der Waals surface area contributed by atoms with Gasteiger partial charge >= 0.3 is 5.97 Å². The number of rotatable bonds is 5. The number of hydrogen-bond donors (Lipinski definition) is 2. The number of amides is 1. The van der Waals surface area contributed by atoms with Crippen LogP contribution in [0.3, 0.4) is 0 Å². The van der Waals surface area contributed by atoms with Crippen LogP contribution in [0.25, 0.3) is 0 Å². The molecule has 0 aromatic carbocycles. The van der Waals surface area contributed by atoms with Crippen LogP contribution in [0.5, 0.6) is 0 Å². The van der Waals surface area contributed by atoms with Gasteiger partial charge < -0.3 is 10.4 Å². The zero-order valence-electron chi connectivity index (χ0n) is 10.6. The molecule has 98 valence electrons. The molecule has 0 saturated carbocycles. The highest BCUT2D eigenvalue weighted by atomic mass is 16.4. The minimum absolute atomic E-state index is 0.0544. The van der Waals surface area contributed by atoms with Crippen LogP contribution in [-0.4, -0.2) is 48.1 Å². The predicted molar refractivity (Wildman–Crippen MR) is 64.6 cm³/mol. The Bertz CT molecular complexity index is 271. The Hall–Kier alpha value is -1.10. The topological polar surface area (TPSA) is 69.6 Å². The number of aliphatic carboxylic acids is 1. The van der Waals surface area contributed by atoms with E-state index in [9.17, 15) is 9.59 Å². The summed E-state index contributed by atoms with van der Waals surface area (Å²) in [6.07, 6.45) is 1.52. The van der Waals surface area contributed by atoms with Gasteiger partial charge in [-0.25, -0.2) is 0 Å². The normalized spacial score (nSPS) is 18.3. The second kappa shape index (κ2) is 6.59. The molecule has 1 heterocycles. The van der Waals surface area contributed by atoms with Gasteiger partial charge in [0.1, 0.15) is 0 Å². The first kappa shape index (κ1) is 14.0. The zero-order valence-corrected chi connectivity index (χ0v) is 10.6. The van der Waals surface area contributed by atoms with Crippen LogP contribution < -0.4 is 5.32 Å². The smallest absolute Gasteiger partial charge is 0.317 e. The van der Waals surface area contributed by atoms with Crippen LogP contribution in [0.4, 0.5) is 0 Å². The van der Waals surface area contributed by atoms with E-state index in [0.29, 0.717) is 25.6 Å². The first-order valence-electron chi connectivity index (χ1n) is 6.21. The van der Waals surface area contributed by atoms with Crippen molar-refractivity contribution in [1.82, 2.24) is 10.2 Å². The van der Waals surface area contributed by atoms with Crippen molar-refractivity contribution in [2.75, 3.05) is 26.2 Å². The van der Waals surface area contributed by atoms with E-state index in [0.717, 1.165) is 12.8 Å². The molecule has 0 bridgehead atoms. The van der Waals surface area contributed by atoms with E-state index in [4.69, 9.17) is 5.11 Å².